The standard InChI is InChI=1S/C19H20F3N3O2/c1-25(2)18(27)24-11-10-23-17(26)14-8-6-13(7-9-14)15-4-3-5-16(12-15)19(20,21)22/h3-9,12H,10-11H2,1-2H3,(H,23,26)(H,24,27). The lowest BCUT2D eigenvalue weighted by Crippen LogP contribution is -2.39. The summed E-state index contributed by atoms with van der Waals surface area (Å²) in [6.45, 7) is 0.541. The van der Waals surface area contributed by atoms with Crippen LogP contribution in [0.2, 0.25) is 0 Å². The summed E-state index contributed by atoms with van der Waals surface area (Å²) in [5.74, 6) is -0.329. The molecule has 0 saturated heterocycles. The van der Waals surface area contributed by atoms with Gasteiger partial charge in [-0.25, -0.2) is 4.79 Å². The fraction of sp³-hybridized carbons (Fsp3) is 0.263. The number of alkyl halides is 3. The number of carbonyl (C=O) groups excluding carboxylic acids is 2. The van der Waals surface area contributed by atoms with Crippen LogP contribution in [-0.4, -0.2) is 44.0 Å². The zero-order chi connectivity index (χ0) is 20.0. The Labute approximate surface area is 155 Å². The highest BCUT2D eigenvalue weighted by Crippen LogP contribution is 2.32. The number of amides is 3. The number of benzene rings is 2. The van der Waals surface area contributed by atoms with Crippen LogP contribution in [-0.2, 0) is 6.18 Å². The first-order chi connectivity index (χ1) is 12.7. The second-order valence-electron chi connectivity index (χ2n) is 6.04. The van der Waals surface area contributed by atoms with E-state index in [0.717, 1.165) is 12.1 Å². The molecule has 0 atom stereocenters. The summed E-state index contributed by atoms with van der Waals surface area (Å²) in [7, 11) is 3.22. The van der Waals surface area contributed by atoms with E-state index in [-0.39, 0.29) is 25.0 Å². The molecule has 144 valence electrons. The molecule has 0 aliphatic carbocycles. The summed E-state index contributed by atoms with van der Waals surface area (Å²) >= 11 is 0. The fourth-order valence-electron chi connectivity index (χ4n) is 2.29. The van der Waals surface area contributed by atoms with Crippen LogP contribution in [0.5, 0.6) is 0 Å². The molecule has 3 amide bonds. The Morgan fingerprint density at radius 1 is 0.926 bits per heavy atom. The Morgan fingerprint density at radius 2 is 1.56 bits per heavy atom. The van der Waals surface area contributed by atoms with Crippen LogP contribution in [0.4, 0.5) is 18.0 Å². The van der Waals surface area contributed by atoms with Gasteiger partial charge in [-0.3, -0.25) is 4.79 Å². The molecule has 8 heteroatoms. The summed E-state index contributed by atoms with van der Waals surface area (Å²) in [6, 6.07) is 11.0. The van der Waals surface area contributed by atoms with Crippen molar-refractivity contribution in [3.05, 3.63) is 59.7 Å². The van der Waals surface area contributed by atoms with Crippen molar-refractivity contribution in [2.75, 3.05) is 27.2 Å². The number of halogens is 3. The van der Waals surface area contributed by atoms with E-state index < -0.39 is 11.7 Å². The van der Waals surface area contributed by atoms with E-state index in [9.17, 15) is 22.8 Å². The molecule has 0 fully saturated rings. The van der Waals surface area contributed by atoms with Crippen LogP contribution in [0.25, 0.3) is 11.1 Å². The van der Waals surface area contributed by atoms with Crippen molar-refractivity contribution in [2.45, 2.75) is 6.18 Å². The van der Waals surface area contributed by atoms with Crippen molar-refractivity contribution >= 4 is 11.9 Å². The fourth-order valence-corrected chi connectivity index (χ4v) is 2.29. The predicted octanol–water partition coefficient (Wildman–Crippen LogP) is 3.37. The third-order valence-electron chi connectivity index (χ3n) is 3.76. The molecule has 0 unspecified atom stereocenters. The molecule has 2 rings (SSSR count). The monoisotopic (exact) mass is 379 g/mol. The van der Waals surface area contributed by atoms with Gasteiger partial charge in [0.15, 0.2) is 0 Å². The van der Waals surface area contributed by atoms with E-state index in [1.54, 1.807) is 44.4 Å². The molecule has 27 heavy (non-hydrogen) atoms. The second kappa shape index (κ2) is 8.57. The van der Waals surface area contributed by atoms with E-state index in [1.165, 1.54) is 11.0 Å². The van der Waals surface area contributed by atoms with Gasteiger partial charge in [0.1, 0.15) is 0 Å². The van der Waals surface area contributed by atoms with E-state index in [0.29, 0.717) is 16.7 Å². The average Bonchev–Trinajstić information content (AvgIpc) is 2.64. The maximum Gasteiger partial charge on any atom is 0.416 e. The van der Waals surface area contributed by atoms with E-state index in [4.69, 9.17) is 0 Å². The first-order valence-electron chi connectivity index (χ1n) is 8.19. The van der Waals surface area contributed by atoms with Crippen LogP contribution in [0.1, 0.15) is 15.9 Å². The Hall–Kier alpha value is -3.03. The van der Waals surface area contributed by atoms with Crippen LogP contribution >= 0.6 is 0 Å². The lowest BCUT2D eigenvalue weighted by molar-refractivity contribution is -0.137. The Balaban J connectivity index is 1.97. The quantitative estimate of drug-likeness (QED) is 0.783. The van der Waals surface area contributed by atoms with Crippen molar-refractivity contribution in [1.82, 2.24) is 15.5 Å². The van der Waals surface area contributed by atoms with Crippen molar-refractivity contribution in [3.8, 4) is 11.1 Å². The van der Waals surface area contributed by atoms with Gasteiger partial charge >= 0.3 is 12.2 Å². The number of rotatable bonds is 5. The maximum atomic E-state index is 12.8. The van der Waals surface area contributed by atoms with Gasteiger partial charge in [0, 0.05) is 32.7 Å². The van der Waals surface area contributed by atoms with Crippen LogP contribution in [0.15, 0.2) is 48.5 Å². The number of urea groups is 1. The zero-order valence-electron chi connectivity index (χ0n) is 14.9. The van der Waals surface area contributed by atoms with Crippen molar-refractivity contribution in [2.24, 2.45) is 0 Å². The van der Waals surface area contributed by atoms with E-state index in [1.807, 2.05) is 0 Å². The SMILES string of the molecule is CN(C)C(=O)NCCNC(=O)c1ccc(-c2cccc(C(F)(F)F)c2)cc1. The lowest BCUT2D eigenvalue weighted by Gasteiger charge is -2.12. The van der Waals surface area contributed by atoms with Gasteiger partial charge < -0.3 is 15.5 Å². The third-order valence-corrected chi connectivity index (χ3v) is 3.76. The third kappa shape index (κ3) is 5.73. The van der Waals surface area contributed by atoms with Crippen LogP contribution in [0.3, 0.4) is 0 Å². The molecular weight excluding hydrogens is 359 g/mol. The molecule has 2 aromatic carbocycles. The van der Waals surface area contributed by atoms with E-state index in [2.05, 4.69) is 10.6 Å². The van der Waals surface area contributed by atoms with Gasteiger partial charge in [0.2, 0.25) is 0 Å². The smallest absolute Gasteiger partial charge is 0.350 e. The summed E-state index contributed by atoms with van der Waals surface area (Å²) in [5, 5.41) is 5.28. The molecule has 0 heterocycles. The number of nitrogens with one attached hydrogen (secondary N) is 2. The molecule has 0 saturated carbocycles. The number of carbonyl (C=O) groups is 2. The molecule has 0 spiro atoms. The molecule has 0 radical (unpaired) electrons. The van der Waals surface area contributed by atoms with E-state index >= 15 is 0 Å². The lowest BCUT2D eigenvalue weighted by atomic mass is 10.0. The van der Waals surface area contributed by atoms with Crippen LogP contribution < -0.4 is 10.6 Å². The highest BCUT2D eigenvalue weighted by molar-refractivity contribution is 5.94. The molecular formula is C19H20F3N3O2. The molecule has 0 aliphatic heterocycles. The largest absolute Gasteiger partial charge is 0.416 e. The van der Waals surface area contributed by atoms with Gasteiger partial charge in [-0.2, -0.15) is 13.2 Å². The van der Waals surface area contributed by atoms with Gasteiger partial charge in [0.25, 0.3) is 5.91 Å². The summed E-state index contributed by atoms with van der Waals surface area (Å²) < 4.78 is 38.4. The van der Waals surface area contributed by atoms with Crippen molar-refractivity contribution in [1.29, 1.82) is 0 Å². The normalized spacial score (nSPS) is 11.0. The molecule has 0 aromatic heterocycles. The van der Waals surface area contributed by atoms with Gasteiger partial charge in [-0.05, 0) is 35.4 Å². The predicted molar refractivity (Wildman–Crippen MR) is 96.3 cm³/mol. The minimum atomic E-state index is -4.40. The minimum Gasteiger partial charge on any atom is -0.350 e. The van der Waals surface area contributed by atoms with Crippen LogP contribution in [0, 0.1) is 0 Å². The van der Waals surface area contributed by atoms with Gasteiger partial charge in [-0.15, -0.1) is 0 Å². The Morgan fingerprint density at radius 3 is 2.15 bits per heavy atom. The Bertz CT molecular complexity index is 803. The Kier molecular flexibility index (Phi) is 6.44. The highest BCUT2D eigenvalue weighted by atomic mass is 19.4. The molecule has 0 aliphatic rings. The summed E-state index contributed by atoms with van der Waals surface area (Å²) in [5.41, 5.74) is 0.658. The molecule has 0 bridgehead atoms. The average molecular weight is 379 g/mol. The summed E-state index contributed by atoms with van der Waals surface area (Å²) in [6.07, 6.45) is -4.40. The van der Waals surface area contributed by atoms with Gasteiger partial charge in [-0.1, -0.05) is 24.3 Å². The first kappa shape index (κ1) is 20.3. The molecule has 2 N–H and O–H groups in total. The van der Waals surface area contributed by atoms with Crippen molar-refractivity contribution in [3.63, 3.8) is 0 Å². The highest BCUT2D eigenvalue weighted by Gasteiger charge is 2.30. The zero-order valence-corrected chi connectivity index (χ0v) is 14.9. The minimum absolute atomic E-state index is 0.255. The number of hydrogen-bond acceptors (Lipinski definition) is 2. The number of nitrogens with zero attached hydrogens (tertiary/aromatic N) is 1. The molecule has 2 aromatic rings. The van der Waals surface area contributed by atoms with Crippen molar-refractivity contribution < 1.29 is 22.8 Å². The maximum absolute atomic E-state index is 12.8. The first-order valence-corrected chi connectivity index (χ1v) is 8.19. The second-order valence-corrected chi connectivity index (χ2v) is 6.04. The topological polar surface area (TPSA) is 61.4 Å². The van der Waals surface area contributed by atoms with Gasteiger partial charge in [0.05, 0.1) is 5.56 Å². The number of hydrogen-bond donors (Lipinski definition) is 2. The summed E-state index contributed by atoms with van der Waals surface area (Å²) in [4.78, 5) is 24.8. The molecule has 5 nitrogen and oxygen atoms in total.